The van der Waals surface area contributed by atoms with Gasteiger partial charge < -0.3 is 24.4 Å². The number of methoxy groups -OCH3 is 1. The van der Waals surface area contributed by atoms with Crippen LogP contribution in [0.5, 0.6) is 11.5 Å². The predicted molar refractivity (Wildman–Crippen MR) is 128 cm³/mol. The summed E-state index contributed by atoms with van der Waals surface area (Å²) in [5.41, 5.74) is 2.14. The topological polar surface area (TPSA) is 79.3 Å². The number of nitrogens with zero attached hydrogens (tertiary/aromatic N) is 2. The number of hydrogen-bond donors (Lipinski definition) is 1. The molecule has 7 heteroatoms. The van der Waals surface area contributed by atoms with Crippen molar-refractivity contribution < 1.29 is 24.2 Å². The van der Waals surface area contributed by atoms with Crippen molar-refractivity contribution in [2.45, 2.75) is 26.3 Å². The molecule has 0 bridgehead atoms. The number of likely N-dealkylation sites (tertiary alicyclic amines) is 1. The highest BCUT2D eigenvalue weighted by molar-refractivity contribution is 6.46. The molecule has 1 fully saturated rings. The average molecular weight is 453 g/mol. The molecule has 0 unspecified atom stereocenters. The molecule has 1 amide bonds. The van der Waals surface area contributed by atoms with E-state index in [4.69, 9.17) is 9.47 Å². The molecular formula is C26H32N2O5. The van der Waals surface area contributed by atoms with Crippen molar-refractivity contribution in [1.82, 2.24) is 9.80 Å². The summed E-state index contributed by atoms with van der Waals surface area (Å²) < 4.78 is 11.0. The summed E-state index contributed by atoms with van der Waals surface area (Å²) in [6.45, 7) is 5.46. The molecule has 1 saturated heterocycles. The number of aliphatic hydroxyl groups is 1. The molecule has 1 heterocycles. The molecule has 1 N–H and O–H groups in total. The van der Waals surface area contributed by atoms with E-state index in [1.807, 2.05) is 45.0 Å². The largest absolute Gasteiger partial charge is 0.507 e. The fraction of sp³-hybridized carbons (Fsp3) is 0.385. The van der Waals surface area contributed by atoms with E-state index in [0.29, 0.717) is 31.0 Å². The van der Waals surface area contributed by atoms with Crippen LogP contribution >= 0.6 is 0 Å². The number of ketones is 1. The van der Waals surface area contributed by atoms with E-state index >= 15 is 0 Å². The van der Waals surface area contributed by atoms with Gasteiger partial charge in [-0.15, -0.1) is 0 Å². The van der Waals surface area contributed by atoms with E-state index in [1.54, 1.807) is 37.4 Å². The van der Waals surface area contributed by atoms with Gasteiger partial charge in [-0.05, 0) is 68.9 Å². The molecular weight excluding hydrogens is 420 g/mol. The van der Waals surface area contributed by atoms with Gasteiger partial charge in [0.2, 0.25) is 0 Å². The molecule has 3 rings (SSSR count). The Bertz CT molecular complexity index is 1040. The third-order valence-corrected chi connectivity index (χ3v) is 5.67. The number of amides is 1. The molecule has 0 aliphatic carbocycles. The van der Waals surface area contributed by atoms with Crippen LogP contribution in [0.2, 0.25) is 0 Å². The van der Waals surface area contributed by atoms with Crippen molar-refractivity contribution in [2.75, 3.05) is 40.9 Å². The molecule has 2 aromatic carbocycles. The third-order valence-electron chi connectivity index (χ3n) is 5.67. The molecule has 2 aromatic rings. The zero-order valence-corrected chi connectivity index (χ0v) is 19.9. The van der Waals surface area contributed by atoms with E-state index in [1.165, 1.54) is 4.90 Å². The maximum Gasteiger partial charge on any atom is 0.295 e. The van der Waals surface area contributed by atoms with Crippen LogP contribution < -0.4 is 9.47 Å². The second-order valence-electron chi connectivity index (χ2n) is 8.40. The van der Waals surface area contributed by atoms with Gasteiger partial charge in [0.25, 0.3) is 11.7 Å². The Morgan fingerprint density at radius 1 is 1.12 bits per heavy atom. The summed E-state index contributed by atoms with van der Waals surface area (Å²) in [6, 6.07) is 11.8. The zero-order chi connectivity index (χ0) is 24.1. The third kappa shape index (κ3) is 5.20. The SMILES string of the molecule is CCCOc1ccc(C(O)=C2C(=O)C(=O)N(CCN(C)C)[C@@H]2c2ccc(OC)cc2)cc1C. The van der Waals surface area contributed by atoms with Crippen LogP contribution in [-0.4, -0.2) is 67.5 Å². The van der Waals surface area contributed by atoms with Crippen molar-refractivity contribution in [2.24, 2.45) is 0 Å². The lowest BCUT2D eigenvalue weighted by atomic mass is 9.94. The van der Waals surface area contributed by atoms with Crippen LogP contribution in [0.4, 0.5) is 0 Å². The number of aliphatic hydroxyl groups excluding tert-OH is 1. The van der Waals surface area contributed by atoms with Crippen LogP contribution in [0, 0.1) is 6.92 Å². The number of ether oxygens (including phenoxy) is 2. The smallest absolute Gasteiger partial charge is 0.295 e. The molecule has 7 nitrogen and oxygen atoms in total. The normalized spacial score (nSPS) is 17.6. The number of carbonyl (C=O) groups excluding carboxylic acids is 2. The lowest BCUT2D eigenvalue weighted by Gasteiger charge is -2.26. The minimum absolute atomic E-state index is 0.0885. The van der Waals surface area contributed by atoms with Crippen LogP contribution in [0.15, 0.2) is 48.0 Å². The molecule has 0 aromatic heterocycles. The van der Waals surface area contributed by atoms with Gasteiger partial charge in [-0.1, -0.05) is 19.1 Å². The van der Waals surface area contributed by atoms with Gasteiger partial charge in [-0.3, -0.25) is 9.59 Å². The summed E-state index contributed by atoms with van der Waals surface area (Å²) in [4.78, 5) is 29.6. The first kappa shape index (κ1) is 24.3. The summed E-state index contributed by atoms with van der Waals surface area (Å²) >= 11 is 0. The number of hydrogen-bond acceptors (Lipinski definition) is 6. The van der Waals surface area contributed by atoms with Gasteiger partial charge >= 0.3 is 0 Å². The Kier molecular flexibility index (Phi) is 7.76. The van der Waals surface area contributed by atoms with Gasteiger partial charge in [0, 0.05) is 18.7 Å². The summed E-state index contributed by atoms with van der Waals surface area (Å²) in [5.74, 6) is -0.0876. The maximum atomic E-state index is 13.1. The van der Waals surface area contributed by atoms with Crippen molar-refractivity contribution >= 4 is 17.4 Å². The quantitative estimate of drug-likeness (QED) is 0.354. The summed E-state index contributed by atoms with van der Waals surface area (Å²) in [5, 5.41) is 11.2. The first-order valence-corrected chi connectivity index (χ1v) is 11.1. The number of carbonyl (C=O) groups is 2. The molecule has 176 valence electrons. The number of Topliss-reactive ketones (excluding diaryl/α,β-unsaturated/α-hetero) is 1. The zero-order valence-electron chi connectivity index (χ0n) is 19.9. The Morgan fingerprint density at radius 3 is 2.39 bits per heavy atom. The van der Waals surface area contributed by atoms with E-state index in [9.17, 15) is 14.7 Å². The molecule has 1 aliphatic heterocycles. The second kappa shape index (κ2) is 10.5. The highest BCUT2D eigenvalue weighted by Crippen LogP contribution is 2.40. The Labute approximate surface area is 195 Å². The lowest BCUT2D eigenvalue weighted by Crippen LogP contribution is -2.35. The minimum Gasteiger partial charge on any atom is -0.507 e. The van der Waals surface area contributed by atoms with E-state index in [-0.39, 0.29) is 11.3 Å². The number of likely N-dealkylation sites (N-methyl/N-ethyl adjacent to an activating group) is 1. The van der Waals surface area contributed by atoms with Crippen molar-refractivity contribution in [3.05, 3.63) is 64.7 Å². The molecule has 0 spiro atoms. The fourth-order valence-electron chi connectivity index (χ4n) is 3.88. The fourth-order valence-corrected chi connectivity index (χ4v) is 3.88. The van der Waals surface area contributed by atoms with Gasteiger partial charge in [-0.2, -0.15) is 0 Å². The van der Waals surface area contributed by atoms with Crippen LogP contribution in [0.25, 0.3) is 5.76 Å². The molecule has 0 saturated carbocycles. The summed E-state index contributed by atoms with van der Waals surface area (Å²) in [6.07, 6.45) is 0.888. The van der Waals surface area contributed by atoms with Gasteiger partial charge in [0.15, 0.2) is 0 Å². The molecule has 0 radical (unpaired) electrons. The summed E-state index contributed by atoms with van der Waals surface area (Å²) in [7, 11) is 5.39. The average Bonchev–Trinajstić information content (AvgIpc) is 3.06. The number of rotatable bonds is 9. The second-order valence-corrected chi connectivity index (χ2v) is 8.40. The van der Waals surface area contributed by atoms with Crippen LogP contribution in [0.3, 0.4) is 0 Å². The van der Waals surface area contributed by atoms with E-state index in [0.717, 1.165) is 23.3 Å². The Hall–Kier alpha value is -3.32. The first-order chi connectivity index (χ1) is 15.8. The van der Waals surface area contributed by atoms with Crippen molar-refractivity contribution in [3.63, 3.8) is 0 Å². The number of aryl methyl sites for hydroxylation is 1. The predicted octanol–water partition coefficient (Wildman–Crippen LogP) is 3.78. The van der Waals surface area contributed by atoms with Crippen molar-refractivity contribution in [3.8, 4) is 11.5 Å². The lowest BCUT2D eigenvalue weighted by molar-refractivity contribution is -0.140. The number of benzene rings is 2. The molecule has 33 heavy (non-hydrogen) atoms. The van der Waals surface area contributed by atoms with Crippen molar-refractivity contribution in [1.29, 1.82) is 0 Å². The van der Waals surface area contributed by atoms with Crippen LogP contribution in [0.1, 0.15) is 36.1 Å². The first-order valence-electron chi connectivity index (χ1n) is 11.1. The van der Waals surface area contributed by atoms with Gasteiger partial charge in [-0.25, -0.2) is 0 Å². The Morgan fingerprint density at radius 2 is 1.82 bits per heavy atom. The van der Waals surface area contributed by atoms with Crippen LogP contribution in [-0.2, 0) is 9.59 Å². The highest BCUT2D eigenvalue weighted by Gasteiger charge is 2.45. The monoisotopic (exact) mass is 452 g/mol. The highest BCUT2D eigenvalue weighted by atomic mass is 16.5. The minimum atomic E-state index is -0.688. The van der Waals surface area contributed by atoms with Gasteiger partial charge in [0.1, 0.15) is 17.3 Å². The van der Waals surface area contributed by atoms with E-state index < -0.39 is 17.7 Å². The molecule has 1 aliphatic rings. The standard InChI is InChI=1S/C26H32N2O5/c1-6-15-33-21-12-9-19(16-17(21)2)24(29)22-23(18-7-10-20(32-5)11-8-18)28(14-13-27(3)4)26(31)25(22)30/h7-12,16,23,29H,6,13-15H2,1-5H3/t23-/m1/s1. The van der Waals surface area contributed by atoms with E-state index in [2.05, 4.69) is 0 Å². The molecule has 1 atom stereocenters. The Balaban J connectivity index is 2.09. The van der Waals surface area contributed by atoms with Gasteiger partial charge in [0.05, 0.1) is 25.3 Å². The maximum absolute atomic E-state index is 13.1.